The molecule has 2 atom stereocenters. The topological polar surface area (TPSA) is 17.1 Å². The third kappa shape index (κ3) is 2.22. The Hall–Kier alpha value is -0.540. The number of aldehydes is 1. The maximum Gasteiger partial charge on any atom is 0.391 e. The number of alkyl halides is 3. The van der Waals surface area contributed by atoms with Crippen LogP contribution in [0.1, 0.15) is 25.7 Å². The average molecular weight is 180 g/mol. The first-order valence-corrected chi connectivity index (χ1v) is 4.06. The lowest BCUT2D eigenvalue weighted by Gasteiger charge is -2.27. The lowest BCUT2D eigenvalue weighted by atomic mass is 9.82. The van der Waals surface area contributed by atoms with Crippen LogP contribution in [0.2, 0.25) is 0 Å². The first-order valence-electron chi connectivity index (χ1n) is 4.06. The third-order valence-electron chi connectivity index (χ3n) is 2.37. The van der Waals surface area contributed by atoms with Crippen LogP contribution in [0.4, 0.5) is 13.2 Å². The van der Waals surface area contributed by atoms with Gasteiger partial charge in [-0.3, -0.25) is 0 Å². The summed E-state index contributed by atoms with van der Waals surface area (Å²) in [6, 6.07) is 0. The molecule has 0 aromatic heterocycles. The van der Waals surface area contributed by atoms with E-state index in [0.29, 0.717) is 19.1 Å². The molecule has 0 amide bonds. The van der Waals surface area contributed by atoms with Crippen LogP contribution in [0.25, 0.3) is 0 Å². The molecule has 1 aliphatic rings. The summed E-state index contributed by atoms with van der Waals surface area (Å²) in [6.45, 7) is 0. The second-order valence-electron chi connectivity index (χ2n) is 3.30. The van der Waals surface area contributed by atoms with Gasteiger partial charge in [-0.1, -0.05) is 6.42 Å². The Balaban J connectivity index is 2.51. The highest BCUT2D eigenvalue weighted by atomic mass is 19.4. The molecule has 0 radical (unpaired) electrons. The number of carbonyl (C=O) groups excluding carboxylic acids is 1. The SMILES string of the molecule is O=C[C@@H]1CCC[C@@H](C(F)(F)F)C1. The molecule has 0 unspecified atom stereocenters. The highest BCUT2D eigenvalue weighted by Gasteiger charge is 2.41. The predicted molar refractivity (Wildman–Crippen MR) is 37.6 cm³/mol. The van der Waals surface area contributed by atoms with Crippen LogP contribution in [0, 0.1) is 11.8 Å². The molecule has 12 heavy (non-hydrogen) atoms. The molecule has 1 nitrogen and oxygen atoms in total. The summed E-state index contributed by atoms with van der Waals surface area (Å²) in [4.78, 5) is 10.3. The highest BCUT2D eigenvalue weighted by molar-refractivity contribution is 5.53. The van der Waals surface area contributed by atoms with E-state index in [1.807, 2.05) is 0 Å². The molecule has 1 saturated carbocycles. The molecule has 0 heterocycles. The Morgan fingerprint density at radius 2 is 1.92 bits per heavy atom. The number of halogens is 3. The first kappa shape index (κ1) is 9.55. The first-order chi connectivity index (χ1) is 5.54. The van der Waals surface area contributed by atoms with Crippen LogP contribution in [0.15, 0.2) is 0 Å². The van der Waals surface area contributed by atoms with E-state index in [1.165, 1.54) is 0 Å². The van der Waals surface area contributed by atoms with Gasteiger partial charge in [-0.2, -0.15) is 13.2 Å². The van der Waals surface area contributed by atoms with E-state index in [4.69, 9.17) is 0 Å². The van der Waals surface area contributed by atoms with Crippen molar-refractivity contribution in [3.63, 3.8) is 0 Å². The molecular formula is C8H11F3O. The van der Waals surface area contributed by atoms with E-state index in [2.05, 4.69) is 0 Å². The van der Waals surface area contributed by atoms with Gasteiger partial charge < -0.3 is 4.79 Å². The average Bonchev–Trinajstić information content (AvgIpc) is 2.03. The molecule has 0 spiro atoms. The Morgan fingerprint density at radius 3 is 2.42 bits per heavy atom. The van der Waals surface area contributed by atoms with Gasteiger partial charge in [0.05, 0.1) is 5.92 Å². The van der Waals surface area contributed by atoms with Crippen molar-refractivity contribution in [2.24, 2.45) is 11.8 Å². The van der Waals surface area contributed by atoms with Crippen molar-refractivity contribution in [3.8, 4) is 0 Å². The minimum absolute atomic E-state index is 0.00694. The van der Waals surface area contributed by atoms with Gasteiger partial charge in [0.2, 0.25) is 0 Å². The van der Waals surface area contributed by atoms with E-state index in [9.17, 15) is 18.0 Å². The standard InChI is InChI=1S/C8H11F3O/c9-8(10,11)7-3-1-2-6(4-7)5-12/h5-7H,1-4H2/t6-,7-/m1/s1. The maximum atomic E-state index is 12.1. The van der Waals surface area contributed by atoms with E-state index >= 15 is 0 Å². The van der Waals surface area contributed by atoms with Crippen molar-refractivity contribution < 1.29 is 18.0 Å². The smallest absolute Gasteiger partial charge is 0.303 e. The van der Waals surface area contributed by atoms with Crippen molar-refractivity contribution in [2.75, 3.05) is 0 Å². The molecule has 0 saturated heterocycles. The minimum atomic E-state index is -4.11. The summed E-state index contributed by atoms with van der Waals surface area (Å²) in [6.07, 6.45) is -2.13. The molecule has 0 aliphatic heterocycles. The van der Waals surface area contributed by atoms with Crippen molar-refractivity contribution in [1.29, 1.82) is 0 Å². The van der Waals surface area contributed by atoms with Crippen LogP contribution in [-0.2, 0) is 4.79 Å². The number of carbonyl (C=O) groups is 1. The fourth-order valence-electron chi connectivity index (χ4n) is 1.65. The highest BCUT2D eigenvalue weighted by Crippen LogP contribution is 2.39. The van der Waals surface area contributed by atoms with Gasteiger partial charge in [0, 0.05) is 5.92 Å². The molecule has 1 rings (SSSR count). The van der Waals surface area contributed by atoms with Crippen LogP contribution in [-0.4, -0.2) is 12.5 Å². The summed E-state index contributed by atoms with van der Waals surface area (Å²) < 4.78 is 36.4. The summed E-state index contributed by atoms with van der Waals surface area (Å²) in [5.41, 5.74) is 0. The Kier molecular flexibility index (Phi) is 2.75. The molecule has 1 aliphatic carbocycles. The van der Waals surface area contributed by atoms with Crippen LogP contribution < -0.4 is 0 Å². The monoisotopic (exact) mass is 180 g/mol. The van der Waals surface area contributed by atoms with Crippen LogP contribution in [0.3, 0.4) is 0 Å². The van der Waals surface area contributed by atoms with E-state index < -0.39 is 12.1 Å². The van der Waals surface area contributed by atoms with Crippen molar-refractivity contribution in [1.82, 2.24) is 0 Å². The van der Waals surface area contributed by atoms with Gasteiger partial charge in [0.25, 0.3) is 0 Å². The van der Waals surface area contributed by atoms with Crippen LogP contribution in [0.5, 0.6) is 0 Å². The zero-order valence-electron chi connectivity index (χ0n) is 6.60. The molecular weight excluding hydrogens is 169 g/mol. The maximum absolute atomic E-state index is 12.1. The minimum Gasteiger partial charge on any atom is -0.303 e. The second kappa shape index (κ2) is 3.46. The van der Waals surface area contributed by atoms with E-state index in [-0.39, 0.29) is 18.8 Å². The number of rotatable bonds is 1. The fourth-order valence-corrected chi connectivity index (χ4v) is 1.65. The second-order valence-corrected chi connectivity index (χ2v) is 3.30. The molecule has 0 aromatic carbocycles. The Morgan fingerprint density at radius 1 is 1.25 bits per heavy atom. The van der Waals surface area contributed by atoms with Crippen molar-refractivity contribution in [3.05, 3.63) is 0 Å². The molecule has 4 heteroatoms. The summed E-state index contributed by atoms with van der Waals surface area (Å²) >= 11 is 0. The van der Waals surface area contributed by atoms with Crippen molar-refractivity contribution >= 4 is 6.29 Å². The molecule has 70 valence electrons. The lowest BCUT2D eigenvalue weighted by Crippen LogP contribution is -2.29. The van der Waals surface area contributed by atoms with Gasteiger partial charge in [-0.05, 0) is 19.3 Å². The van der Waals surface area contributed by atoms with Gasteiger partial charge >= 0.3 is 6.18 Å². The van der Waals surface area contributed by atoms with Gasteiger partial charge in [0.15, 0.2) is 0 Å². The van der Waals surface area contributed by atoms with Gasteiger partial charge in [-0.25, -0.2) is 0 Å². The number of hydrogen-bond donors (Lipinski definition) is 0. The summed E-state index contributed by atoms with van der Waals surface area (Å²) in [7, 11) is 0. The molecule has 0 bridgehead atoms. The quantitative estimate of drug-likeness (QED) is 0.567. The third-order valence-corrected chi connectivity index (χ3v) is 2.37. The normalized spacial score (nSPS) is 31.6. The summed E-state index contributed by atoms with van der Waals surface area (Å²) in [5, 5.41) is 0. The Bertz CT molecular complexity index is 164. The zero-order chi connectivity index (χ0) is 9.19. The Labute approximate surface area is 68.9 Å². The fraction of sp³-hybridized carbons (Fsp3) is 0.875. The van der Waals surface area contributed by atoms with Crippen LogP contribution >= 0.6 is 0 Å². The van der Waals surface area contributed by atoms with Gasteiger partial charge in [0.1, 0.15) is 6.29 Å². The van der Waals surface area contributed by atoms with Gasteiger partial charge in [-0.15, -0.1) is 0 Å². The van der Waals surface area contributed by atoms with E-state index in [1.54, 1.807) is 0 Å². The molecule has 1 fully saturated rings. The molecule has 0 N–H and O–H groups in total. The van der Waals surface area contributed by atoms with E-state index in [0.717, 1.165) is 0 Å². The predicted octanol–water partition coefficient (Wildman–Crippen LogP) is 2.55. The zero-order valence-corrected chi connectivity index (χ0v) is 6.60. The lowest BCUT2D eigenvalue weighted by molar-refractivity contribution is -0.185. The molecule has 0 aromatic rings. The summed E-state index contributed by atoms with van der Waals surface area (Å²) in [5.74, 6) is -1.62. The largest absolute Gasteiger partial charge is 0.391 e. The van der Waals surface area contributed by atoms with Crippen molar-refractivity contribution in [2.45, 2.75) is 31.9 Å². The number of hydrogen-bond acceptors (Lipinski definition) is 1.